The highest BCUT2D eigenvalue weighted by molar-refractivity contribution is 5.57. The van der Waals surface area contributed by atoms with Gasteiger partial charge in [0, 0.05) is 0 Å². The van der Waals surface area contributed by atoms with Crippen molar-refractivity contribution in [2.45, 2.75) is 41.5 Å². The van der Waals surface area contributed by atoms with Crippen LogP contribution in [0.3, 0.4) is 0 Å². The largest absolute Gasteiger partial charge is 0.0614 e. The summed E-state index contributed by atoms with van der Waals surface area (Å²) in [6, 6.07) is 0. The summed E-state index contributed by atoms with van der Waals surface area (Å²) in [6.07, 6.45) is 0. The lowest BCUT2D eigenvalue weighted by atomic mass is 9.82. The first-order valence-electron chi connectivity index (χ1n) is 6.37. The molecular formula is C14H22. The third-order valence-corrected chi connectivity index (χ3v) is 8.46. The Labute approximate surface area is 87.5 Å². The van der Waals surface area contributed by atoms with Crippen molar-refractivity contribution in [1.82, 2.24) is 0 Å². The average Bonchev–Trinajstić information content (AvgIpc) is 3.07. The molecule has 4 rings (SSSR count). The molecule has 0 amide bonds. The first kappa shape index (κ1) is 8.19. The van der Waals surface area contributed by atoms with Crippen LogP contribution in [0.25, 0.3) is 0 Å². The van der Waals surface area contributed by atoms with Crippen LogP contribution in [0.2, 0.25) is 0 Å². The Kier molecular flexibility index (Phi) is 0.845. The lowest BCUT2D eigenvalue weighted by molar-refractivity contribution is 0.249. The van der Waals surface area contributed by atoms with Crippen molar-refractivity contribution < 1.29 is 0 Å². The highest BCUT2D eigenvalue weighted by Gasteiger charge is 3.11. The molecule has 0 saturated heterocycles. The Morgan fingerprint density at radius 1 is 0.571 bits per heavy atom. The van der Waals surface area contributed by atoms with E-state index in [1.54, 1.807) is 0 Å². The van der Waals surface area contributed by atoms with Crippen molar-refractivity contribution in [3.8, 4) is 0 Å². The van der Waals surface area contributed by atoms with Gasteiger partial charge < -0.3 is 0 Å². The van der Waals surface area contributed by atoms with Crippen molar-refractivity contribution >= 4 is 0 Å². The standard InChI is InChI=1S/C14H22/c1-7-11(5)8(2)13(7,11)14-9(3)12(14,6)10(14)4/h7-10H,1-6H3. The summed E-state index contributed by atoms with van der Waals surface area (Å²) in [5.74, 6) is 4.11. The summed E-state index contributed by atoms with van der Waals surface area (Å²) in [7, 11) is 0. The van der Waals surface area contributed by atoms with Crippen LogP contribution < -0.4 is 0 Å². The van der Waals surface area contributed by atoms with Gasteiger partial charge in [0.25, 0.3) is 0 Å². The third kappa shape index (κ3) is 0.323. The van der Waals surface area contributed by atoms with Crippen LogP contribution in [-0.2, 0) is 0 Å². The Hall–Kier alpha value is 0. The van der Waals surface area contributed by atoms with Gasteiger partial charge in [0.05, 0.1) is 0 Å². The zero-order valence-corrected chi connectivity index (χ0v) is 10.3. The highest BCUT2D eigenvalue weighted by atomic mass is 15.1. The second-order valence-electron chi connectivity index (χ2n) is 7.19. The van der Waals surface area contributed by atoms with E-state index in [1.165, 1.54) is 0 Å². The van der Waals surface area contributed by atoms with Crippen LogP contribution in [0.5, 0.6) is 0 Å². The topological polar surface area (TPSA) is 0 Å². The maximum absolute atomic E-state index is 2.55. The molecule has 0 aromatic heterocycles. The molecule has 4 aliphatic carbocycles. The van der Waals surface area contributed by atoms with Crippen molar-refractivity contribution in [3.05, 3.63) is 0 Å². The smallest absolute Gasteiger partial charge is 0.0108 e. The van der Waals surface area contributed by atoms with Crippen molar-refractivity contribution in [1.29, 1.82) is 0 Å². The Bertz CT molecular complexity index is 308. The molecule has 0 nitrogen and oxygen atoms in total. The van der Waals surface area contributed by atoms with Gasteiger partial charge >= 0.3 is 0 Å². The third-order valence-electron chi connectivity index (χ3n) is 8.46. The van der Waals surface area contributed by atoms with E-state index < -0.39 is 0 Å². The fraction of sp³-hybridized carbons (Fsp3) is 1.00. The first-order chi connectivity index (χ1) is 6.37. The summed E-state index contributed by atoms with van der Waals surface area (Å²) in [5, 5.41) is 0. The lowest BCUT2D eigenvalue weighted by Crippen LogP contribution is -2.18. The molecule has 0 aromatic carbocycles. The summed E-state index contributed by atoms with van der Waals surface area (Å²) in [6.45, 7) is 15.1. The molecule has 0 N–H and O–H groups in total. The van der Waals surface area contributed by atoms with E-state index in [-0.39, 0.29) is 0 Å². The van der Waals surface area contributed by atoms with Crippen LogP contribution in [0.15, 0.2) is 0 Å². The van der Waals surface area contributed by atoms with Gasteiger partial charge in [-0.25, -0.2) is 0 Å². The first-order valence-corrected chi connectivity index (χ1v) is 6.37. The van der Waals surface area contributed by atoms with Gasteiger partial charge in [0.15, 0.2) is 0 Å². The predicted octanol–water partition coefficient (Wildman–Crippen LogP) is 3.57. The maximum atomic E-state index is 2.55. The van der Waals surface area contributed by atoms with Gasteiger partial charge in [-0.05, 0) is 45.3 Å². The zero-order chi connectivity index (χ0) is 10.3. The molecule has 4 aliphatic rings. The number of hydrogen-bond acceptors (Lipinski definition) is 0. The summed E-state index contributed by atoms with van der Waals surface area (Å²) in [4.78, 5) is 0. The number of hydrogen-bond donors (Lipinski definition) is 0. The minimum absolute atomic E-state index is 0.754. The molecule has 14 heavy (non-hydrogen) atoms. The molecule has 4 fully saturated rings. The summed E-state index contributed by atoms with van der Waals surface area (Å²) < 4.78 is 0. The molecule has 0 aliphatic heterocycles. The molecule has 4 unspecified atom stereocenters. The van der Waals surface area contributed by atoms with Gasteiger partial charge in [0.2, 0.25) is 0 Å². The molecular weight excluding hydrogens is 168 g/mol. The number of fused-ring (bicyclic) bond motifs is 3. The number of rotatable bonds is 1. The van der Waals surface area contributed by atoms with Crippen LogP contribution >= 0.6 is 0 Å². The molecule has 0 bridgehead atoms. The van der Waals surface area contributed by atoms with Crippen LogP contribution in [0.1, 0.15) is 41.5 Å². The van der Waals surface area contributed by atoms with E-state index in [4.69, 9.17) is 0 Å². The van der Waals surface area contributed by atoms with E-state index in [1.807, 2.05) is 0 Å². The quantitative estimate of drug-likeness (QED) is 0.593. The molecule has 78 valence electrons. The normalized spacial score (nSPS) is 87.0. The highest BCUT2D eigenvalue weighted by Crippen LogP contribution is 3.14. The van der Waals surface area contributed by atoms with Gasteiger partial charge in [-0.1, -0.05) is 41.5 Å². The Morgan fingerprint density at radius 2 is 0.786 bits per heavy atom. The molecule has 4 atom stereocenters. The van der Waals surface area contributed by atoms with E-state index in [2.05, 4.69) is 41.5 Å². The molecule has 4 saturated carbocycles. The predicted molar refractivity (Wildman–Crippen MR) is 57.7 cm³/mol. The molecule has 0 radical (unpaired) electrons. The van der Waals surface area contributed by atoms with Gasteiger partial charge in [-0.2, -0.15) is 0 Å². The van der Waals surface area contributed by atoms with E-state index in [9.17, 15) is 0 Å². The second-order valence-corrected chi connectivity index (χ2v) is 7.19. The van der Waals surface area contributed by atoms with Crippen LogP contribution in [-0.4, -0.2) is 0 Å². The molecule has 0 aromatic rings. The van der Waals surface area contributed by atoms with Gasteiger partial charge in [-0.3, -0.25) is 0 Å². The fourth-order valence-electron chi connectivity index (χ4n) is 7.25. The molecule has 0 heterocycles. The monoisotopic (exact) mass is 190 g/mol. The van der Waals surface area contributed by atoms with Crippen molar-refractivity contribution in [2.24, 2.45) is 45.3 Å². The molecule has 0 spiro atoms. The fourth-order valence-corrected chi connectivity index (χ4v) is 7.25. The summed E-state index contributed by atoms with van der Waals surface area (Å²) >= 11 is 0. The average molecular weight is 190 g/mol. The van der Waals surface area contributed by atoms with Crippen molar-refractivity contribution in [3.63, 3.8) is 0 Å². The van der Waals surface area contributed by atoms with Crippen LogP contribution in [0.4, 0.5) is 0 Å². The minimum atomic E-state index is 0.754. The lowest BCUT2D eigenvalue weighted by Gasteiger charge is -2.22. The Balaban J connectivity index is 1.82. The van der Waals surface area contributed by atoms with Crippen LogP contribution in [0, 0.1) is 45.3 Å². The van der Waals surface area contributed by atoms with E-state index >= 15 is 0 Å². The SMILES string of the molecule is CC1C2(C)C(C)C12C12C(C)C1(C)C2C. The summed E-state index contributed by atoms with van der Waals surface area (Å²) in [5.41, 5.74) is 3.11. The van der Waals surface area contributed by atoms with Gasteiger partial charge in [-0.15, -0.1) is 0 Å². The molecule has 0 heteroatoms. The zero-order valence-electron chi connectivity index (χ0n) is 10.3. The van der Waals surface area contributed by atoms with E-state index in [0.29, 0.717) is 0 Å². The second kappa shape index (κ2) is 1.44. The minimum Gasteiger partial charge on any atom is -0.0614 e. The van der Waals surface area contributed by atoms with E-state index in [0.717, 1.165) is 45.3 Å². The maximum Gasteiger partial charge on any atom is -0.0108 e. The van der Waals surface area contributed by atoms with Crippen molar-refractivity contribution in [2.75, 3.05) is 0 Å². The van der Waals surface area contributed by atoms with Gasteiger partial charge in [0.1, 0.15) is 0 Å². The Morgan fingerprint density at radius 3 is 0.857 bits per heavy atom.